The first-order valence-corrected chi connectivity index (χ1v) is 20.2. The predicted octanol–water partition coefficient (Wildman–Crippen LogP) is 13.0. The molecule has 6 aromatic rings. The molecule has 3 heteroatoms. The van der Waals surface area contributed by atoms with Gasteiger partial charge in [0.25, 0.3) is 0 Å². The minimum atomic E-state index is -0.0311. The molecule has 6 unspecified atom stereocenters. The maximum Gasteiger partial charge on any atom is 0.128 e. The third-order valence-corrected chi connectivity index (χ3v) is 12.9. The Bertz CT molecular complexity index is 2750. The van der Waals surface area contributed by atoms with Gasteiger partial charge in [-0.25, -0.2) is 0 Å². The van der Waals surface area contributed by atoms with E-state index in [0.29, 0.717) is 5.92 Å². The Hall–Kier alpha value is -6.84. The molecular weight excluding hydrogens is 693 g/mol. The van der Waals surface area contributed by atoms with Gasteiger partial charge in [0, 0.05) is 46.1 Å². The molecule has 0 radical (unpaired) electrons. The summed E-state index contributed by atoms with van der Waals surface area (Å²) < 4.78 is 6.79. The Morgan fingerprint density at radius 1 is 0.404 bits per heavy atom. The van der Waals surface area contributed by atoms with E-state index in [1.807, 2.05) is 0 Å². The Kier molecular flexibility index (Phi) is 7.31. The van der Waals surface area contributed by atoms with Crippen molar-refractivity contribution in [1.29, 1.82) is 0 Å². The molecular formula is C54H40N2O. The molecule has 12 rings (SSSR count). The zero-order chi connectivity index (χ0) is 37.5. The van der Waals surface area contributed by atoms with Crippen molar-refractivity contribution in [1.82, 2.24) is 0 Å². The summed E-state index contributed by atoms with van der Waals surface area (Å²) in [6.45, 7) is 0. The molecule has 6 aromatic carbocycles. The molecule has 3 aliphatic carbocycles. The van der Waals surface area contributed by atoms with E-state index < -0.39 is 0 Å². The van der Waals surface area contributed by atoms with Crippen LogP contribution in [-0.2, 0) is 0 Å². The van der Waals surface area contributed by atoms with Gasteiger partial charge in [0.2, 0.25) is 0 Å². The summed E-state index contributed by atoms with van der Waals surface area (Å²) in [6, 6.07) is 51.8. The first-order valence-electron chi connectivity index (χ1n) is 20.2. The van der Waals surface area contributed by atoms with Crippen LogP contribution in [0.1, 0.15) is 40.0 Å². The highest BCUT2D eigenvalue weighted by atomic mass is 16.5. The van der Waals surface area contributed by atoms with Crippen LogP contribution in [-0.4, -0.2) is 18.2 Å². The van der Waals surface area contributed by atoms with Crippen molar-refractivity contribution in [3.05, 3.63) is 229 Å². The minimum Gasteiger partial charge on any atom is -0.485 e. The van der Waals surface area contributed by atoms with Gasteiger partial charge in [0.1, 0.15) is 11.9 Å². The topological polar surface area (TPSA) is 15.7 Å². The van der Waals surface area contributed by atoms with Crippen LogP contribution in [0.15, 0.2) is 206 Å². The standard InChI is InChI=1S/C54H40N2O/c1-3-11-35(12-4-1)36-19-25-42(26-20-36)56-50-18-10-8-16-44(50)48-32-38(24-30-52(48)56)40-22-28-46-45-27-21-39(33-53(45)57-54(46)34-40)37-23-29-51-47(31-37)43-15-7-9-17-49(43)55(51)41-13-5-2-6-14-41/h1-34,43-45,49-50,53H. The third-order valence-electron chi connectivity index (χ3n) is 12.9. The minimum absolute atomic E-state index is 0.0311. The van der Waals surface area contributed by atoms with Gasteiger partial charge >= 0.3 is 0 Å². The summed E-state index contributed by atoms with van der Waals surface area (Å²) in [5.41, 5.74) is 16.3. The fourth-order valence-corrected chi connectivity index (χ4v) is 10.1. The second kappa shape index (κ2) is 12.9. The molecule has 0 N–H and O–H groups in total. The Morgan fingerprint density at radius 2 is 0.947 bits per heavy atom. The van der Waals surface area contributed by atoms with Gasteiger partial charge < -0.3 is 14.5 Å². The molecule has 6 aliphatic rings. The van der Waals surface area contributed by atoms with Crippen molar-refractivity contribution >= 4 is 28.3 Å². The number of ether oxygens (including phenoxy) is 1. The second-order valence-corrected chi connectivity index (χ2v) is 15.9. The zero-order valence-corrected chi connectivity index (χ0v) is 31.4. The molecule has 272 valence electrons. The summed E-state index contributed by atoms with van der Waals surface area (Å²) >= 11 is 0. The van der Waals surface area contributed by atoms with Crippen molar-refractivity contribution in [3.63, 3.8) is 0 Å². The molecule has 0 saturated carbocycles. The quantitative estimate of drug-likeness (QED) is 0.176. The van der Waals surface area contributed by atoms with Crippen molar-refractivity contribution < 1.29 is 4.74 Å². The third kappa shape index (κ3) is 5.19. The van der Waals surface area contributed by atoms with Gasteiger partial charge in [-0.1, -0.05) is 146 Å². The number of fused-ring (bicyclic) bond motifs is 9. The lowest BCUT2D eigenvalue weighted by Crippen LogP contribution is -2.28. The van der Waals surface area contributed by atoms with Gasteiger partial charge in [0.15, 0.2) is 0 Å². The van der Waals surface area contributed by atoms with Crippen LogP contribution < -0.4 is 14.5 Å². The number of benzene rings is 6. The van der Waals surface area contributed by atoms with Crippen molar-refractivity contribution in [2.45, 2.75) is 35.9 Å². The summed E-state index contributed by atoms with van der Waals surface area (Å²) in [5.74, 6) is 1.80. The van der Waals surface area contributed by atoms with Crippen LogP contribution in [0.5, 0.6) is 5.75 Å². The summed E-state index contributed by atoms with van der Waals surface area (Å²) in [4.78, 5) is 5.00. The number of hydrogen-bond acceptors (Lipinski definition) is 3. The number of para-hydroxylation sites is 1. The van der Waals surface area contributed by atoms with Crippen LogP contribution in [0.2, 0.25) is 0 Å². The number of anilines is 4. The molecule has 0 bridgehead atoms. The van der Waals surface area contributed by atoms with E-state index in [0.717, 1.165) is 5.75 Å². The molecule has 3 nitrogen and oxygen atoms in total. The smallest absolute Gasteiger partial charge is 0.128 e. The highest BCUT2D eigenvalue weighted by molar-refractivity contribution is 5.84. The van der Waals surface area contributed by atoms with Crippen LogP contribution in [0.25, 0.3) is 27.8 Å². The SMILES string of the molecule is C1=CC2c3cc(C4=CC5Oc6cc(-c7ccc8c(c7)C7C=CC=CC7N8c7ccc(-c8ccccc8)cc7)ccc6C5C=C4)ccc3N(c3ccccc3)C2C=C1. The van der Waals surface area contributed by atoms with Crippen LogP contribution >= 0.6 is 0 Å². The molecule has 0 amide bonds. The van der Waals surface area contributed by atoms with Gasteiger partial charge in [-0.05, 0) is 105 Å². The molecule has 0 fully saturated rings. The predicted molar refractivity (Wildman–Crippen MR) is 235 cm³/mol. The van der Waals surface area contributed by atoms with Crippen molar-refractivity contribution in [2.24, 2.45) is 0 Å². The van der Waals surface area contributed by atoms with Crippen molar-refractivity contribution in [2.75, 3.05) is 9.80 Å². The van der Waals surface area contributed by atoms with Crippen molar-refractivity contribution in [3.8, 4) is 28.0 Å². The maximum atomic E-state index is 6.79. The number of hydrogen-bond donors (Lipinski definition) is 0. The van der Waals surface area contributed by atoms with E-state index in [2.05, 4.69) is 216 Å². The maximum absolute atomic E-state index is 6.79. The van der Waals surface area contributed by atoms with E-state index in [1.54, 1.807) is 0 Å². The lowest BCUT2D eigenvalue weighted by molar-refractivity contribution is 0.269. The number of rotatable bonds is 5. The fourth-order valence-electron chi connectivity index (χ4n) is 10.1. The lowest BCUT2D eigenvalue weighted by atomic mass is 9.85. The van der Waals surface area contributed by atoms with Gasteiger partial charge in [-0.15, -0.1) is 0 Å². The van der Waals surface area contributed by atoms with E-state index in [9.17, 15) is 0 Å². The largest absolute Gasteiger partial charge is 0.485 e. The fraction of sp³-hybridized carbons (Fsp3) is 0.111. The van der Waals surface area contributed by atoms with Crippen LogP contribution in [0, 0.1) is 0 Å². The summed E-state index contributed by atoms with van der Waals surface area (Å²) in [5, 5.41) is 0. The van der Waals surface area contributed by atoms with E-state index in [4.69, 9.17) is 4.74 Å². The highest BCUT2D eigenvalue weighted by Gasteiger charge is 2.40. The first kappa shape index (κ1) is 32.4. The first-order chi connectivity index (χ1) is 28.2. The van der Waals surface area contributed by atoms with E-state index in [-0.39, 0.29) is 30.0 Å². The van der Waals surface area contributed by atoms with Gasteiger partial charge in [-0.3, -0.25) is 0 Å². The zero-order valence-electron chi connectivity index (χ0n) is 31.4. The molecule has 57 heavy (non-hydrogen) atoms. The van der Waals surface area contributed by atoms with Crippen LogP contribution in [0.4, 0.5) is 22.7 Å². The summed E-state index contributed by atoms with van der Waals surface area (Å²) in [6.07, 6.45) is 25.1. The second-order valence-electron chi connectivity index (χ2n) is 15.9. The Balaban J connectivity index is 0.824. The Labute approximate surface area is 334 Å². The number of allylic oxidation sites excluding steroid dienone is 6. The molecule has 3 heterocycles. The normalized spacial score (nSPS) is 24.0. The van der Waals surface area contributed by atoms with Gasteiger partial charge in [-0.2, -0.15) is 0 Å². The van der Waals surface area contributed by atoms with E-state index in [1.165, 1.54) is 72.8 Å². The molecule has 0 saturated heterocycles. The average molecular weight is 733 g/mol. The molecule has 0 spiro atoms. The average Bonchev–Trinajstić information content (AvgIpc) is 3.93. The molecule has 3 aliphatic heterocycles. The molecule has 6 atom stereocenters. The number of nitrogens with zero attached hydrogens (tertiary/aromatic N) is 2. The Morgan fingerprint density at radius 3 is 1.65 bits per heavy atom. The van der Waals surface area contributed by atoms with Crippen LogP contribution in [0.3, 0.4) is 0 Å². The highest BCUT2D eigenvalue weighted by Crippen LogP contribution is 2.52. The summed E-state index contributed by atoms with van der Waals surface area (Å²) in [7, 11) is 0. The lowest BCUT2D eigenvalue weighted by Gasteiger charge is -2.28. The monoisotopic (exact) mass is 732 g/mol. The van der Waals surface area contributed by atoms with E-state index >= 15 is 0 Å². The molecule has 0 aromatic heterocycles. The van der Waals surface area contributed by atoms with Gasteiger partial charge in [0.05, 0.1) is 12.1 Å².